The van der Waals surface area contributed by atoms with Crippen molar-refractivity contribution in [2.75, 3.05) is 18.5 Å². The van der Waals surface area contributed by atoms with Gasteiger partial charge in [0.05, 0.1) is 29.1 Å². The van der Waals surface area contributed by atoms with Gasteiger partial charge < -0.3 is 10.4 Å². The summed E-state index contributed by atoms with van der Waals surface area (Å²) in [5.74, 6) is -2.38. The number of anilines is 2. The van der Waals surface area contributed by atoms with Crippen molar-refractivity contribution in [3.05, 3.63) is 58.7 Å². The summed E-state index contributed by atoms with van der Waals surface area (Å²) in [6, 6.07) is 8.34. The molecular formula is C18H17F2N3O3. The Labute approximate surface area is 149 Å². The highest BCUT2D eigenvalue weighted by atomic mass is 19.1. The van der Waals surface area contributed by atoms with Crippen molar-refractivity contribution in [3.63, 3.8) is 0 Å². The van der Waals surface area contributed by atoms with E-state index < -0.39 is 17.5 Å². The Bertz CT molecular complexity index is 850. The van der Waals surface area contributed by atoms with E-state index in [1.807, 2.05) is 0 Å². The molecular weight excluding hydrogens is 344 g/mol. The third-order valence-electron chi connectivity index (χ3n) is 3.46. The molecule has 0 heterocycles. The summed E-state index contributed by atoms with van der Waals surface area (Å²) in [6.45, 7) is 1.66. The number of nitrogens with zero attached hydrogens (tertiary/aromatic N) is 1. The monoisotopic (exact) mass is 361 g/mol. The maximum atomic E-state index is 14.6. The number of hydrogen-bond acceptors (Lipinski definition) is 5. The van der Waals surface area contributed by atoms with Crippen LogP contribution in [0.25, 0.3) is 0 Å². The van der Waals surface area contributed by atoms with Crippen LogP contribution in [0.15, 0.2) is 30.3 Å². The number of nitrogens with one attached hydrogen (secondary N) is 2. The van der Waals surface area contributed by atoms with Gasteiger partial charge in [-0.2, -0.15) is 5.26 Å². The van der Waals surface area contributed by atoms with E-state index >= 15 is 0 Å². The highest BCUT2D eigenvalue weighted by Crippen LogP contribution is 2.28. The van der Waals surface area contributed by atoms with Gasteiger partial charge in [0.25, 0.3) is 5.91 Å². The summed E-state index contributed by atoms with van der Waals surface area (Å²) in [7, 11) is 0. The number of aliphatic hydroxyl groups excluding tert-OH is 1. The van der Waals surface area contributed by atoms with E-state index in [-0.39, 0.29) is 35.7 Å². The number of carbonyl (C=O) groups excluding carboxylic acids is 1. The molecule has 6 nitrogen and oxygen atoms in total. The molecule has 2 rings (SSSR count). The number of rotatable bonds is 7. The summed E-state index contributed by atoms with van der Waals surface area (Å²) >= 11 is 0. The highest BCUT2D eigenvalue weighted by molar-refractivity contribution is 6.00. The summed E-state index contributed by atoms with van der Waals surface area (Å²) < 4.78 is 28.6. The second-order valence-electron chi connectivity index (χ2n) is 5.43. The zero-order chi connectivity index (χ0) is 19.1. The van der Waals surface area contributed by atoms with Gasteiger partial charge in [-0.25, -0.2) is 14.3 Å². The van der Waals surface area contributed by atoms with Crippen molar-refractivity contribution in [2.24, 2.45) is 0 Å². The standard InChI is InChI=1S/C18H17F2N3O3/c1-11-3-6-15(14(19)9-11)22-17-13(5-4-12(10-21)16(17)20)18(25)23-26-8-2-7-24/h3-6,9,22,24H,2,7-8H2,1H3,(H,23,25). The zero-order valence-corrected chi connectivity index (χ0v) is 14.0. The van der Waals surface area contributed by atoms with E-state index in [2.05, 4.69) is 10.8 Å². The number of aryl methyl sites for hydroxylation is 1. The fourth-order valence-electron chi connectivity index (χ4n) is 2.14. The van der Waals surface area contributed by atoms with Gasteiger partial charge in [0.15, 0.2) is 5.82 Å². The lowest BCUT2D eigenvalue weighted by Gasteiger charge is -2.14. The first-order chi connectivity index (χ1) is 12.5. The van der Waals surface area contributed by atoms with Gasteiger partial charge in [-0.05, 0) is 43.2 Å². The van der Waals surface area contributed by atoms with Gasteiger partial charge in [-0.3, -0.25) is 9.63 Å². The smallest absolute Gasteiger partial charge is 0.277 e. The Hall–Kier alpha value is -3.02. The van der Waals surface area contributed by atoms with Crippen molar-refractivity contribution < 1.29 is 23.5 Å². The quantitative estimate of drug-likeness (QED) is 0.521. The Kier molecular flexibility index (Phi) is 6.60. The topological polar surface area (TPSA) is 94.4 Å². The fourth-order valence-corrected chi connectivity index (χ4v) is 2.14. The van der Waals surface area contributed by atoms with Crippen molar-refractivity contribution in [1.82, 2.24) is 5.48 Å². The molecule has 0 radical (unpaired) electrons. The normalized spacial score (nSPS) is 10.3. The molecule has 0 saturated heterocycles. The molecule has 2 aromatic rings. The Morgan fingerprint density at radius 1 is 1.31 bits per heavy atom. The first-order valence-corrected chi connectivity index (χ1v) is 7.76. The van der Waals surface area contributed by atoms with Crippen LogP contribution in [0.1, 0.15) is 27.9 Å². The van der Waals surface area contributed by atoms with Crippen LogP contribution < -0.4 is 10.8 Å². The number of amides is 1. The molecule has 0 unspecified atom stereocenters. The van der Waals surface area contributed by atoms with Crippen molar-refractivity contribution >= 4 is 17.3 Å². The van der Waals surface area contributed by atoms with Crippen LogP contribution in [0, 0.1) is 29.9 Å². The van der Waals surface area contributed by atoms with Crippen LogP contribution in [-0.4, -0.2) is 24.2 Å². The number of hydroxylamine groups is 1. The van der Waals surface area contributed by atoms with Crippen LogP contribution >= 0.6 is 0 Å². The summed E-state index contributed by atoms with van der Waals surface area (Å²) in [5.41, 5.74) is 1.96. The summed E-state index contributed by atoms with van der Waals surface area (Å²) in [5, 5.41) is 20.2. The van der Waals surface area contributed by atoms with Gasteiger partial charge in [-0.1, -0.05) is 6.07 Å². The van der Waals surface area contributed by atoms with Gasteiger partial charge in [0, 0.05) is 6.61 Å². The lowest BCUT2D eigenvalue weighted by molar-refractivity contribution is 0.0262. The van der Waals surface area contributed by atoms with Crippen molar-refractivity contribution in [3.8, 4) is 6.07 Å². The SMILES string of the molecule is Cc1ccc(Nc2c(C(=O)NOCCCO)ccc(C#N)c2F)c(F)c1. The average molecular weight is 361 g/mol. The largest absolute Gasteiger partial charge is 0.396 e. The Morgan fingerprint density at radius 2 is 2.08 bits per heavy atom. The van der Waals surface area contributed by atoms with Gasteiger partial charge >= 0.3 is 0 Å². The van der Waals surface area contributed by atoms with Gasteiger partial charge in [0.2, 0.25) is 0 Å². The predicted octanol–water partition coefficient (Wildman–Crippen LogP) is 2.93. The number of carbonyl (C=O) groups is 1. The zero-order valence-electron chi connectivity index (χ0n) is 14.0. The van der Waals surface area contributed by atoms with Crippen molar-refractivity contribution in [2.45, 2.75) is 13.3 Å². The molecule has 0 aromatic heterocycles. The number of halogens is 2. The molecule has 3 N–H and O–H groups in total. The highest BCUT2D eigenvalue weighted by Gasteiger charge is 2.20. The molecule has 8 heteroatoms. The molecule has 0 bridgehead atoms. The third kappa shape index (κ3) is 4.53. The summed E-state index contributed by atoms with van der Waals surface area (Å²) in [6.07, 6.45) is 0.307. The molecule has 0 atom stereocenters. The van der Waals surface area contributed by atoms with Gasteiger partial charge in [-0.15, -0.1) is 0 Å². The molecule has 0 aliphatic heterocycles. The predicted molar refractivity (Wildman–Crippen MR) is 90.7 cm³/mol. The van der Waals surface area contributed by atoms with Crippen LogP contribution in [0.5, 0.6) is 0 Å². The lowest BCUT2D eigenvalue weighted by Crippen LogP contribution is -2.25. The van der Waals surface area contributed by atoms with Crippen LogP contribution in [0.3, 0.4) is 0 Å². The first kappa shape index (κ1) is 19.3. The molecule has 0 spiro atoms. The maximum absolute atomic E-state index is 14.6. The second kappa shape index (κ2) is 8.89. The van der Waals surface area contributed by atoms with Crippen LogP contribution in [-0.2, 0) is 4.84 Å². The van der Waals surface area contributed by atoms with E-state index in [0.29, 0.717) is 12.0 Å². The van der Waals surface area contributed by atoms with Crippen LogP contribution in [0.4, 0.5) is 20.2 Å². The molecule has 0 fully saturated rings. The van der Waals surface area contributed by atoms with E-state index in [1.165, 1.54) is 18.2 Å². The number of benzene rings is 2. The molecule has 2 aromatic carbocycles. The second-order valence-corrected chi connectivity index (χ2v) is 5.43. The van der Waals surface area contributed by atoms with E-state index in [0.717, 1.165) is 6.07 Å². The van der Waals surface area contributed by atoms with E-state index in [4.69, 9.17) is 15.2 Å². The summed E-state index contributed by atoms with van der Waals surface area (Å²) in [4.78, 5) is 17.1. The van der Waals surface area contributed by atoms with E-state index in [9.17, 15) is 13.6 Å². The Balaban J connectivity index is 2.35. The molecule has 26 heavy (non-hydrogen) atoms. The number of hydrogen-bond donors (Lipinski definition) is 3. The molecule has 0 aliphatic carbocycles. The lowest BCUT2D eigenvalue weighted by atomic mass is 10.1. The average Bonchev–Trinajstić information content (AvgIpc) is 2.62. The Morgan fingerprint density at radius 3 is 2.73 bits per heavy atom. The molecule has 0 saturated carbocycles. The van der Waals surface area contributed by atoms with E-state index in [1.54, 1.807) is 19.1 Å². The number of nitriles is 1. The maximum Gasteiger partial charge on any atom is 0.277 e. The minimum absolute atomic E-state index is 0.0418. The molecule has 1 amide bonds. The minimum Gasteiger partial charge on any atom is -0.396 e. The number of aliphatic hydroxyl groups is 1. The van der Waals surface area contributed by atoms with Crippen molar-refractivity contribution in [1.29, 1.82) is 5.26 Å². The fraction of sp³-hybridized carbons (Fsp3) is 0.222. The van der Waals surface area contributed by atoms with Gasteiger partial charge in [0.1, 0.15) is 11.9 Å². The van der Waals surface area contributed by atoms with Crippen LogP contribution in [0.2, 0.25) is 0 Å². The molecule has 136 valence electrons. The first-order valence-electron chi connectivity index (χ1n) is 7.76. The third-order valence-corrected chi connectivity index (χ3v) is 3.46. The molecule has 0 aliphatic rings. The minimum atomic E-state index is -0.976.